The van der Waals surface area contributed by atoms with Crippen LogP contribution in [0.2, 0.25) is 0 Å². The summed E-state index contributed by atoms with van der Waals surface area (Å²) >= 11 is 0. The lowest BCUT2D eigenvalue weighted by molar-refractivity contribution is 0.00893. The average Bonchev–Trinajstić information content (AvgIpc) is 2.87. The van der Waals surface area contributed by atoms with Gasteiger partial charge in [-0.3, -0.25) is 4.98 Å². The zero-order chi connectivity index (χ0) is 24.0. The molecule has 1 aliphatic carbocycles. The Hall–Kier alpha value is -3.71. The lowest BCUT2D eigenvalue weighted by atomic mass is 9.86. The van der Waals surface area contributed by atoms with Gasteiger partial charge in [-0.1, -0.05) is 25.7 Å². The van der Waals surface area contributed by atoms with Crippen molar-refractivity contribution in [1.29, 1.82) is 0 Å². The number of piperidine rings is 1. The summed E-state index contributed by atoms with van der Waals surface area (Å²) in [5.41, 5.74) is 3.42. The van der Waals surface area contributed by atoms with Crippen molar-refractivity contribution in [3.05, 3.63) is 73.2 Å². The highest BCUT2D eigenvalue weighted by Crippen LogP contribution is 2.32. The summed E-state index contributed by atoms with van der Waals surface area (Å²) in [6, 6.07) is 12.5. The van der Waals surface area contributed by atoms with Gasteiger partial charge >= 0.3 is 0 Å². The highest BCUT2D eigenvalue weighted by atomic mass is 16.5. The quantitative estimate of drug-likeness (QED) is 0.396. The zero-order valence-corrected chi connectivity index (χ0v) is 20.0. The number of hydrogen-bond acceptors (Lipinski definition) is 7. The fourth-order valence-electron chi connectivity index (χ4n) is 4.69. The Morgan fingerprint density at radius 1 is 0.914 bits per heavy atom. The highest BCUT2D eigenvalue weighted by Gasteiger charge is 2.35. The Labute approximate surface area is 207 Å². The van der Waals surface area contributed by atoms with E-state index in [-0.39, 0.29) is 0 Å². The third kappa shape index (κ3) is 5.69. The second-order valence-electron chi connectivity index (χ2n) is 9.11. The number of rotatable bonds is 9. The molecule has 2 fully saturated rings. The number of pyridine rings is 1. The van der Waals surface area contributed by atoms with Crippen LogP contribution in [0.1, 0.15) is 43.4 Å². The topological polar surface area (TPSA) is 75.2 Å². The minimum absolute atomic E-state index is 0.323. The van der Waals surface area contributed by atoms with Crippen LogP contribution in [-0.2, 0) is 0 Å². The Balaban J connectivity index is 1.15. The van der Waals surface area contributed by atoms with Gasteiger partial charge < -0.3 is 20.3 Å². The van der Waals surface area contributed by atoms with Crippen molar-refractivity contribution in [2.24, 2.45) is 0 Å². The van der Waals surface area contributed by atoms with Crippen molar-refractivity contribution in [2.45, 2.75) is 44.2 Å². The first-order valence-electron chi connectivity index (χ1n) is 12.3. The fourth-order valence-corrected chi connectivity index (χ4v) is 4.69. The van der Waals surface area contributed by atoms with E-state index >= 15 is 0 Å². The minimum Gasteiger partial charge on any atom is -0.490 e. The number of hydrogen-bond donors (Lipinski definition) is 2. The van der Waals surface area contributed by atoms with Crippen LogP contribution in [-0.4, -0.2) is 45.1 Å². The molecule has 35 heavy (non-hydrogen) atoms. The van der Waals surface area contributed by atoms with Crippen LogP contribution in [0, 0.1) is 0 Å². The molecule has 0 unspecified atom stereocenters. The number of aromatic nitrogens is 3. The van der Waals surface area contributed by atoms with Gasteiger partial charge in [-0.25, -0.2) is 4.98 Å². The molecule has 1 saturated heterocycles. The monoisotopic (exact) mass is 468 g/mol. The van der Waals surface area contributed by atoms with Gasteiger partial charge in [-0.15, -0.1) is 0 Å². The first-order valence-corrected chi connectivity index (χ1v) is 12.3. The standard InChI is InChI=1S/C28H32N6O/c1-3-20-16-22(19-30-26(20)4-2)31-27-12-13-29-28(33-27)32-21-8-10-24(11-9-21)35-25-17-23(18-25)34-14-6-5-7-15-34/h3-4,8-13,16,19,23,25H,1-2,5-7,14-15,17-18H2,(H2,29,31,32,33). The van der Waals surface area contributed by atoms with Gasteiger partial charge in [0.25, 0.3) is 0 Å². The first kappa shape index (κ1) is 23.1. The largest absolute Gasteiger partial charge is 0.490 e. The molecule has 0 spiro atoms. The van der Waals surface area contributed by atoms with Gasteiger partial charge in [0.05, 0.1) is 17.6 Å². The predicted octanol–water partition coefficient (Wildman–Crippen LogP) is 6.04. The van der Waals surface area contributed by atoms with E-state index in [9.17, 15) is 0 Å². The van der Waals surface area contributed by atoms with Crippen molar-refractivity contribution >= 4 is 35.3 Å². The molecule has 7 heteroatoms. The lowest BCUT2D eigenvalue weighted by Gasteiger charge is -2.44. The maximum absolute atomic E-state index is 6.18. The van der Waals surface area contributed by atoms with Crippen LogP contribution in [0.3, 0.4) is 0 Å². The molecule has 1 aliphatic heterocycles. The third-order valence-electron chi connectivity index (χ3n) is 6.68. The molecule has 7 nitrogen and oxygen atoms in total. The number of ether oxygens (including phenoxy) is 1. The molecule has 1 saturated carbocycles. The summed E-state index contributed by atoms with van der Waals surface area (Å²) in [7, 11) is 0. The van der Waals surface area contributed by atoms with E-state index < -0.39 is 0 Å². The van der Waals surface area contributed by atoms with Gasteiger partial charge in [0, 0.05) is 36.3 Å². The molecule has 3 heterocycles. The number of likely N-dealkylation sites (tertiary alicyclic amines) is 1. The highest BCUT2D eigenvalue weighted by molar-refractivity contribution is 5.67. The Morgan fingerprint density at radius 3 is 2.46 bits per heavy atom. The van der Waals surface area contributed by atoms with Gasteiger partial charge in [0.1, 0.15) is 17.7 Å². The van der Waals surface area contributed by atoms with E-state index in [1.54, 1.807) is 24.5 Å². The van der Waals surface area contributed by atoms with Crippen LogP contribution in [0.4, 0.5) is 23.1 Å². The lowest BCUT2D eigenvalue weighted by Crippen LogP contribution is -2.50. The number of nitrogens with one attached hydrogen (secondary N) is 2. The predicted molar refractivity (Wildman–Crippen MR) is 142 cm³/mol. The van der Waals surface area contributed by atoms with E-state index in [0.717, 1.165) is 41.2 Å². The Kier molecular flexibility index (Phi) is 7.04. The summed E-state index contributed by atoms with van der Waals surface area (Å²) in [6.45, 7) is 10.1. The molecule has 2 aliphatic rings. The van der Waals surface area contributed by atoms with Crippen LogP contribution in [0.5, 0.6) is 5.75 Å². The summed E-state index contributed by atoms with van der Waals surface area (Å²) in [5, 5.41) is 6.53. The molecule has 5 rings (SSSR count). The normalized spacial score (nSPS) is 19.9. The first-order chi connectivity index (χ1) is 17.2. The Bertz CT molecular complexity index is 1170. The van der Waals surface area contributed by atoms with Crippen LogP contribution in [0.25, 0.3) is 12.2 Å². The maximum atomic E-state index is 6.18. The SMILES string of the molecule is C=Cc1cc(Nc2ccnc(Nc3ccc(OC4CC(N5CCCCC5)C4)cc3)n2)cnc1C=C. The summed E-state index contributed by atoms with van der Waals surface area (Å²) in [4.78, 5) is 15.9. The number of benzene rings is 1. The molecule has 3 aromatic rings. The van der Waals surface area contributed by atoms with E-state index in [0.29, 0.717) is 23.9 Å². The van der Waals surface area contributed by atoms with Gasteiger partial charge in [-0.05, 0) is 68.4 Å². The minimum atomic E-state index is 0.323. The molecular formula is C28H32N6O. The van der Waals surface area contributed by atoms with Gasteiger partial charge in [0.2, 0.25) is 5.95 Å². The molecule has 2 aromatic heterocycles. The second-order valence-corrected chi connectivity index (χ2v) is 9.11. The van der Waals surface area contributed by atoms with Gasteiger partial charge in [0.15, 0.2) is 0 Å². The fraction of sp³-hybridized carbons (Fsp3) is 0.321. The maximum Gasteiger partial charge on any atom is 0.229 e. The van der Waals surface area contributed by atoms with Crippen molar-refractivity contribution in [2.75, 3.05) is 23.7 Å². The smallest absolute Gasteiger partial charge is 0.229 e. The van der Waals surface area contributed by atoms with Crippen LogP contribution in [0.15, 0.2) is 61.9 Å². The second kappa shape index (κ2) is 10.7. The van der Waals surface area contributed by atoms with E-state index in [2.05, 4.69) is 43.6 Å². The van der Waals surface area contributed by atoms with Crippen LogP contribution < -0.4 is 15.4 Å². The van der Waals surface area contributed by atoms with Crippen LogP contribution >= 0.6 is 0 Å². The van der Waals surface area contributed by atoms with E-state index in [1.807, 2.05) is 36.4 Å². The average molecular weight is 469 g/mol. The number of nitrogens with zero attached hydrogens (tertiary/aromatic N) is 4. The molecule has 0 amide bonds. The molecule has 1 aromatic carbocycles. The summed E-state index contributed by atoms with van der Waals surface area (Å²) in [5.74, 6) is 2.08. The molecular weight excluding hydrogens is 436 g/mol. The van der Waals surface area contributed by atoms with E-state index in [1.165, 1.54) is 32.4 Å². The van der Waals surface area contributed by atoms with Crippen molar-refractivity contribution in [1.82, 2.24) is 19.9 Å². The molecule has 180 valence electrons. The molecule has 0 radical (unpaired) electrons. The number of anilines is 4. The van der Waals surface area contributed by atoms with Crippen molar-refractivity contribution < 1.29 is 4.74 Å². The van der Waals surface area contributed by atoms with Gasteiger partial charge in [-0.2, -0.15) is 4.98 Å². The van der Waals surface area contributed by atoms with Crippen molar-refractivity contribution in [3.63, 3.8) is 0 Å². The third-order valence-corrected chi connectivity index (χ3v) is 6.68. The zero-order valence-electron chi connectivity index (χ0n) is 20.0. The molecule has 0 atom stereocenters. The molecule has 0 bridgehead atoms. The summed E-state index contributed by atoms with van der Waals surface area (Å²) < 4.78 is 6.18. The summed E-state index contributed by atoms with van der Waals surface area (Å²) in [6.07, 6.45) is 13.6. The van der Waals surface area contributed by atoms with Crippen molar-refractivity contribution in [3.8, 4) is 5.75 Å². The van der Waals surface area contributed by atoms with E-state index in [4.69, 9.17) is 4.74 Å². The Morgan fingerprint density at radius 2 is 1.71 bits per heavy atom. The molecule has 2 N–H and O–H groups in total.